The number of nitrogens with one attached hydrogen (secondary N) is 1. The number of fused-ring (bicyclic) bond motifs is 1. The Labute approximate surface area is 204 Å². The van der Waals surface area contributed by atoms with Crippen LogP contribution in [0.25, 0.3) is 0 Å². The first kappa shape index (κ1) is 22.6. The lowest BCUT2D eigenvalue weighted by atomic mass is 9.82. The maximum absolute atomic E-state index is 13.2. The van der Waals surface area contributed by atoms with Gasteiger partial charge in [-0.1, -0.05) is 41.5 Å². The second-order valence-electron chi connectivity index (χ2n) is 9.13. The van der Waals surface area contributed by atoms with Crippen molar-refractivity contribution in [2.75, 3.05) is 10.2 Å². The van der Waals surface area contributed by atoms with Crippen molar-refractivity contribution in [3.8, 4) is 11.5 Å². The van der Waals surface area contributed by atoms with Crippen LogP contribution in [0, 0.1) is 18.8 Å². The van der Waals surface area contributed by atoms with E-state index in [1.54, 1.807) is 48.5 Å². The maximum Gasteiger partial charge on any atom is 0.257 e. The third-order valence-electron chi connectivity index (χ3n) is 6.58. The van der Waals surface area contributed by atoms with Crippen LogP contribution in [-0.2, 0) is 9.59 Å². The second-order valence-corrected chi connectivity index (χ2v) is 9.13. The SMILES string of the molecule is CC1=CC[C@@H]2C(=O)N(c3ccccc3C(=O)Nc3ccc(Oc4ccc(C)cc4)cc3)C(=O)[C@H]2C1. The number of imide groups is 1. The van der Waals surface area contributed by atoms with E-state index in [2.05, 4.69) is 5.32 Å². The third-order valence-corrected chi connectivity index (χ3v) is 6.58. The van der Waals surface area contributed by atoms with Gasteiger partial charge in [0.25, 0.3) is 5.91 Å². The molecule has 0 bridgehead atoms. The van der Waals surface area contributed by atoms with Crippen molar-refractivity contribution in [3.05, 3.63) is 95.6 Å². The summed E-state index contributed by atoms with van der Waals surface area (Å²) in [5.74, 6) is -0.197. The molecule has 0 aromatic heterocycles. The average Bonchev–Trinajstić information content (AvgIpc) is 3.10. The zero-order chi connectivity index (χ0) is 24.5. The van der Waals surface area contributed by atoms with E-state index in [1.165, 1.54) is 4.90 Å². The Bertz CT molecular complexity index is 1330. The van der Waals surface area contributed by atoms with Crippen molar-refractivity contribution in [1.82, 2.24) is 0 Å². The van der Waals surface area contributed by atoms with Gasteiger partial charge in [0.05, 0.1) is 23.1 Å². The zero-order valence-electron chi connectivity index (χ0n) is 19.7. The molecule has 0 unspecified atom stereocenters. The highest BCUT2D eigenvalue weighted by Gasteiger charge is 2.49. The van der Waals surface area contributed by atoms with Crippen LogP contribution < -0.4 is 15.0 Å². The van der Waals surface area contributed by atoms with Gasteiger partial charge in [-0.15, -0.1) is 0 Å². The van der Waals surface area contributed by atoms with Crippen molar-refractivity contribution in [3.63, 3.8) is 0 Å². The van der Waals surface area contributed by atoms with Crippen molar-refractivity contribution in [1.29, 1.82) is 0 Å². The van der Waals surface area contributed by atoms with Crippen LogP contribution in [0.4, 0.5) is 11.4 Å². The Hall–Kier alpha value is -4.19. The molecule has 176 valence electrons. The van der Waals surface area contributed by atoms with Crippen molar-refractivity contribution in [2.24, 2.45) is 11.8 Å². The summed E-state index contributed by atoms with van der Waals surface area (Å²) in [6, 6.07) is 21.5. The van der Waals surface area contributed by atoms with E-state index in [1.807, 2.05) is 44.2 Å². The summed E-state index contributed by atoms with van der Waals surface area (Å²) < 4.78 is 5.84. The summed E-state index contributed by atoms with van der Waals surface area (Å²) in [6.45, 7) is 4.00. The van der Waals surface area contributed by atoms with Gasteiger partial charge >= 0.3 is 0 Å². The maximum atomic E-state index is 13.2. The molecule has 1 fully saturated rings. The highest BCUT2D eigenvalue weighted by molar-refractivity contribution is 6.25. The number of ether oxygens (including phenoxy) is 1. The van der Waals surface area contributed by atoms with Crippen molar-refractivity contribution < 1.29 is 19.1 Å². The van der Waals surface area contributed by atoms with Crippen LogP contribution in [0.15, 0.2) is 84.4 Å². The minimum atomic E-state index is -0.391. The fraction of sp³-hybridized carbons (Fsp3) is 0.207. The molecule has 1 aliphatic heterocycles. The lowest BCUT2D eigenvalue weighted by Crippen LogP contribution is -2.33. The van der Waals surface area contributed by atoms with Crippen LogP contribution in [0.3, 0.4) is 0 Å². The number of nitrogens with zero attached hydrogens (tertiary/aromatic N) is 1. The fourth-order valence-electron chi connectivity index (χ4n) is 4.68. The summed E-state index contributed by atoms with van der Waals surface area (Å²) in [4.78, 5) is 40.7. The number of para-hydroxylation sites is 1. The number of benzene rings is 3. The number of hydrogen-bond acceptors (Lipinski definition) is 4. The van der Waals surface area contributed by atoms with Gasteiger partial charge in [-0.05, 0) is 75.2 Å². The molecule has 35 heavy (non-hydrogen) atoms. The minimum absolute atomic E-state index is 0.231. The number of hydrogen-bond donors (Lipinski definition) is 1. The Kier molecular flexibility index (Phi) is 5.95. The molecule has 6 heteroatoms. The molecule has 3 amide bonds. The molecule has 0 spiro atoms. The zero-order valence-corrected chi connectivity index (χ0v) is 19.7. The number of carbonyl (C=O) groups is 3. The largest absolute Gasteiger partial charge is 0.457 e. The first-order valence-corrected chi connectivity index (χ1v) is 11.7. The van der Waals surface area contributed by atoms with E-state index >= 15 is 0 Å². The molecule has 3 aromatic rings. The average molecular weight is 467 g/mol. The number of allylic oxidation sites excluding steroid dienone is 2. The van der Waals surface area contributed by atoms with E-state index in [9.17, 15) is 14.4 Å². The summed E-state index contributed by atoms with van der Waals surface area (Å²) >= 11 is 0. The van der Waals surface area contributed by atoms with Crippen LogP contribution in [-0.4, -0.2) is 17.7 Å². The number of anilines is 2. The minimum Gasteiger partial charge on any atom is -0.457 e. The highest BCUT2D eigenvalue weighted by atomic mass is 16.5. The normalized spacial score (nSPS) is 19.3. The molecule has 3 aromatic carbocycles. The monoisotopic (exact) mass is 466 g/mol. The smallest absolute Gasteiger partial charge is 0.257 e. The van der Waals surface area contributed by atoms with Gasteiger partial charge in [0.15, 0.2) is 0 Å². The van der Waals surface area contributed by atoms with E-state index in [0.717, 1.165) is 16.9 Å². The third kappa shape index (κ3) is 4.47. The predicted octanol–water partition coefficient (Wildman–Crippen LogP) is 5.89. The molecule has 1 saturated heterocycles. The molecule has 2 atom stereocenters. The molecule has 0 radical (unpaired) electrons. The molecular weight excluding hydrogens is 440 g/mol. The first-order chi connectivity index (χ1) is 16.9. The molecule has 1 N–H and O–H groups in total. The molecule has 5 rings (SSSR count). The lowest BCUT2D eigenvalue weighted by molar-refractivity contribution is -0.122. The van der Waals surface area contributed by atoms with E-state index < -0.39 is 5.91 Å². The van der Waals surface area contributed by atoms with Gasteiger partial charge in [0, 0.05) is 5.69 Å². The van der Waals surface area contributed by atoms with Gasteiger partial charge in [-0.3, -0.25) is 14.4 Å². The van der Waals surface area contributed by atoms with Crippen molar-refractivity contribution in [2.45, 2.75) is 26.7 Å². The molecular formula is C29H26N2O4. The van der Waals surface area contributed by atoms with Crippen LogP contribution in [0.2, 0.25) is 0 Å². The van der Waals surface area contributed by atoms with E-state index in [-0.39, 0.29) is 29.2 Å². The topological polar surface area (TPSA) is 75.7 Å². The van der Waals surface area contributed by atoms with Crippen LogP contribution >= 0.6 is 0 Å². The van der Waals surface area contributed by atoms with Gasteiger partial charge in [0.2, 0.25) is 11.8 Å². The summed E-state index contributed by atoms with van der Waals surface area (Å²) in [7, 11) is 0. The first-order valence-electron chi connectivity index (χ1n) is 11.7. The van der Waals surface area contributed by atoms with Gasteiger partial charge in [-0.2, -0.15) is 0 Å². The predicted molar refractivity (Wildman–Crippen MR) is 135 cm³/mol. The second kappa shape index (κ2) is 9.22. The van der Waals surface area contributed by atoms with E-state index in [0.29, 0.717) is 30.0 Å². The number of aryl methyl sites for hydroxylation is 1. The standard InChI is InChI=1S/C29H26N2O4/c1-18-7-12-21(13-8-18)35-22-14-10-20(11-15-22)30-27(32)24-5-3-4-6-26(24)31-28(33)23-16-9-19(2)17-25(23)29(31)34/h3-15,23,25H,16-17H2,1-2H3,(H,30,32)/t23-,25-/m0/s1. The Morgan fingerprint density at radius 2 is 1.49 bits per heavy atom. The Morgan fingerprint density at radius 3 is 2.20 bits per heavy atom. The van der Waals surface area contributed by atoms with Crippen LogP contribution in [0.1, 0.15) is 35.7 Å². The summed E-state index contributed by atoms with van der Waals surface area (Å²) in [6.07, 6.45) is 3.17. The van der Waals surface area contributed by atoms with E-state index in [4.69, 9.17) is 4.74 Å². The molecule has 1 aliphatic carbocycles. The molecule has 2 aliphatic rings. The quantitative estimate of drug-likeness (QED) is 0.376. The number of rotatable bonds is 5. The number of carbonyl (C=O) groups excluding carboxylic acids is 3. The molecule has 1 heterocycles. The fourth-order valence-corrected chi connectivity index (χ4v) is 4.68. The van der Waals surface area contributed by atoms with Crippen LogP contribution in [0.5, 0.6) is 11.5 Å². The molecule has 0 saturated carbocycles. The van der Waals surface area contributed by atoms with Crippen molar-refractivity contribution >= 4 is 29.1 Å². The van der Waals surface area contributed by atoms with Gasteiger partial charge in [0.1, 0.15) is 11.5 Å². The molecule has 6 nitrogen and oxygen atoms in total. The summed E-state index contributed by atoms with van der Waals surface area (Å²) in [5.41, 5.74) is 3.45. The van der Waals surface area contributed by atoms with Gasteiger partial charge in [-0.25, -0.2) is 4.90 Å². The van der Waals surface area contributed by atoms with Gasteiger partial charge < -0.3 is 10.1 Å². The Morgan fingerprint density at radius 1 is 0.857 bits per heavy atom. The lowest BCUT2D eigenvalue weighted by Gasteiger charge is -2.19. The Balaban J connectivity index is 1.33. The highest BCUT2D eigenvalue weighted by Crippen LogP contribution is 2.40. The summed E-state index contributed by atoms with van der Waals surface area (Å²) in [5, 5.41) is 2.87. The number of amides is 3.